The number of hydrogen-bond acceptors (Lipinski definition) is 7. The number of ether oxygens (including phenoxy) is 1. The lowest BCUT2D eigenvalue weighted by Crippen LogP contribution is -2.65. The number of carbonyl (C=O) groups is 2. The summed E-state index contributed by atoms with van der Waals surface area (Å²) in [6.45, 7) is 10.1. The van der Waals surface area contributed by atoms with Gasteiger partial charge in [0.05, 0.1) is 23.1 Å². The van der Waals surface area contributed by atoms with Crippen LogP contribution in [0.25, 0.3) is 22.2 Å². The molecule has 2 aliphatic heterocycles. The van der Waals surface area contributed by atoms with Crippen molar-refractivity contribution in [3.8, 4) is 11.3 Å². The van der Waals surface area contributed by atoms with Gasteiger partial charge >= 0.3 is 6.09 Å². The predicted molar refractivity (Wildman–Crippen MR) is 153 cm³/mol. The van der Waals surface area contributed by atoms with Crippen LogP contribution in [-0.2, 0) is 29.5 Å². The molecule has 5 heterocycles. The first-order chi connectivity index (χ1) is 19.1. The molecule has 1 spiro atoms. The van der Waals surface area contributed by atoms with E-state index in [9.17, 15) is 9.59 Å². The van der Waals surface area contributed by atoms with Gasteiger partial charge in [-0.1, -0.05) is 6.42 Å². The Labute approximate surface area is 235 Å². The number of pyridine rings is 2. The quantitative estimate of drug-likeness (QED) is 0.441. The number of aromatic nitrogens is 4. The number of nitrogens with zero attached hydrogens (tertiary/aromatic N) is 6. The Morgan fingerprint density at radius 3 is 2.55 bits per heavy atom. The van der Waals surface area contributed by atoms with Gasteiger partial charge in [0.25, 0.3) is 0 Å². The van der Waals surface area contributed by atoms with Gasteiger partial charge in [0.1, 0.15) is 11.4 Å². The predicted octanol–water partition coefficient (Wildman–Crippen LogP) is 4.77. The fraction of sp³-hybridized carbons (Fsp3) is 0.581. The van der Waals surface area contributed by atoms with E-state index in [0.717, 1.165) is 60.3 Å². The molecule has 9 heteroatoms. The zero-order chi connectivity index (χ0) is 28.1. The van der Waals surface area contributed by atoms with Gasteiger partial charge in [-0.2, -0.15) is 5.10 Å². The summed E-state index contributed by atoms with van der Waals surface area (Å²) < 4.78 is 7.43. The molecule has 0 atom stereocenters. The number of aryl methyl sites for hydroxylation is 1. The molecule has 0 N–H and O–H groups in total. The SMILES string of the molecule is Cn1ncc(-c2ccc3cnc(CC(=O)C4CC5(C4)CN(C(=O)OC(C)(C)C)C5)cc3n2)c1CN1CCCCC1. The standard InChI is InChI=1S/C31H40N6O3/c1-30(2,3)40-29(39)37-19-31(20-37)14-22(15-31)28(38)13-23-12-26-21(16-32-23)8-9-25(34-26)24-17-33-35(4)27(24)18-36-10-6-5-7-11-36/h8-9,12,16-17,22H,5-7,10-11,13-15,18-20H2,1-4H3. The maximum atomic E-state index is 13.1. The van der Waals surface area contributed by atoms with Gasteiger partial charge in [-0.05, 0) is 77.7 Å². The summed E-state index contributed by atoms with van der Waals surface area (Å²) in [4.78, 5) is 39.2. The van der Waals surface area contributed by atoms with E-state index in [-0.39, 0.29) is 23.2 Å². The molecule has 40 heavy (non-hydrogen) atoms. The summed E-state index contributed by atoms with van der Waals surface area (Å²) in [6.07, 6.45) is 9.27. The van der Waals surface area contributed by atoms with Crippen molar-refractivity contribution in [2.45, 2.75) is 71.4 Å². The first kappa shape index (κ1) is 26.9. The van der Waals surface area contributed by atoms with E-state index in [1.807, 2.05) is 57.0 Å². The summed E-state index contributed by atoms with van der Waals surface area (Å²) in [5, 5.41) is 5.51. The Balaban J connectivity index is 1.09. The zero-order valence-electron chi connectivity index (χ0n) is 24.2. The number of likely N-dealkylation sites (tertiary alicyclic amines) is 2. The molecule has 6 rings (SSSR count). The molecule has 3 aliphatic rings. The van der Waals surface area contributed by atoms with Crippen molar-refractivity contribution in [1.82, 2.24) is 29.5 Å². The largest absolute Gasteiger partial charge is 0.444 e. The molecule has 0 unspecified atom stereocenters. The highest BCUT2D eigenvalue weighted by Crippen LogP contribution is 2.52. The molecule has 3 fully saturated rings. The molecule has 0 radical (unpaired) electrons. The molecule has 3 aromatic heterocycles. The number of Topliss-reactive ketones (excluding diaryl/α,β-unsaturated/α-hetero) is 1. The fourth-order valence-corrected chi connectivity index (χ4v) is 6.51. The molecule has 212 valence electrons. The topological polar surface area (TPSA) is 93.5 Å². The Hall–Kier alpha value is -3.33. The van der Waals surface area contributed by atoms with E-state index in [1.54, 1.807) is 4.90 Å². The minimum absolute atomic E-state index is 0.0327. The Morgan fingerprint density at radius 1 is 1.07 bits per heavy atom. The van der Waals surface area contributed by atoms with Crippen molar-refractivity contribution < 1.29 is 14.3 Å². The molecular formula is C31H40N6O3. The average Bonchev–Trinajstić information content (AvgIpc) is 3.21. The minimum Gasteiger partial charge on any atom is -0.444 e. The Bertz CT molecular complexity index is 1420. The second kappa shape index (κ2) is 10.3. The van der Waals surface area contributed by atoms with Crippen LogP contribution in [-0.4, -0.2) is 73.2 Å². The number of carbonyl (C=O) groups excluding carboxylic acids is 2. The first-order valence-corrected chi connectivity index (χ1v) is 14.6. The molecule has 0 bridgehead atoms. The van der Waals surface area contributed by atoms with E-state index in [1.165, 1.54) is 25.0 Å². The van der Waals surface area contributed by atoms with Gasteiger partial charge in [0.15, 0.2) is 0 Å². The summed E-state index contributed by atoms with van der Waals surface area (Å²) >= 11 is 0. The molecule has 3 aromatic rings. The van der Waals surface area contributed by atoms with E-state index in [4.69, 9.17) is 9.72 Å². The highest BCUT2D eigenvalue weighted by Gasteiger charge is 2.55. The fourth-order valence-electron chi connectivity index (χ4n) is 6.51. The van der Waals surface area contributed by atoms with Crippen LogP contribution in [0, 0.1) is 11.3 Å². The summed E-state index contributed by atoms with van der Waals surface area (Å²) in [6, 6.07) is 6.05. The van der Waals surface area contributed by atoms with Gasteiger partial charge in [-0.25, -0.2) is 9.78 Å². The maximum Gasteiger partial charge on any atom is 0.410 e. The molecular weight excluding hydrogens is 504 g/mol. The lowest BCUT2D eigenvalue weighted by atomic mass is 9.56. The van der Waals surface area contributed by atoms with Crippen molar-refractivity contribution in [3.05, 3.63) is 42.0 Å². The van der Waals surface area contributed by atoms with Crippen LogP contribution in [0.15, 0.2) is 30.6 Å². The lowest BCUT2D eigenvalue weighted by Gasteiger charge is -2.58. The highest BCUT2D eigenvalue weighted by molar-refractivity contribution is 5.86. The summed E-state index contributed by atoms with van der Waals surface area (Å²) in [5.41, 5.74) is 4.33. The third-order valence-electron chi connectivity index (χ3n) is 8.66. The van der Waals surface area contributed by atoms with Crippen LogP contribution in [0.5, 0.6) is 0 Å². The molecule has 0 aromatic carbocycles. The highest BCUT2D eigenvalue weighted by atomic mass is 16.6. The molecule has 1 saturated carbocycles. The average molecular weight is 545 g/mol. The van der Waals surface area contributed by atoms with E-state index >= 15 is 0 Å². The second-order valence-corrected chi connectivity index (χ2v) is 13.1. The van der Waals surface area contributed by atoms with Crippen LogP contribution in [0.2, 0.25) is 0 Å². The van der Waals surface area contributed by atoms with Gasteiger partial charge in [-0.15, -0.1) is 0 Å². The van der Waals surface area contributed by atoms with E-state index in [2.05, 4.69) is 21.0 Å². The number of fused-ring (bicyclic) bond motifs is 1. The third-order valence-corrected chi connectivity index (χ3v) is 8.66. The van der Waals surface area contributed by atoms with Crippen molar-refractivity contribution in [2.24, 2.45) is 18.4 Å². The monoisotopic (exact) mass is 544 g/mol. The number of ketones is 1. The van der Waals surface area contributed by atoms with Gasteiger partial charge in [0.2, 0.25) is 0 Å². The van der Waals surface area contributed by atoms with Crippen LogP contribution in [0.3, 0.4) is 0 Å². The second-order valence-electron chi connectivity index (χ2n) is 13.1. The molecule has 1 amide bonds. The van der Waals surface area contributed by atoms with Gasteiger partial charge < -0.3 is 9.64 Å². The lowest BCUT2D eigenvalue weighted by molar-refractivity contribution is -0.140. The van der Waals surface area contributed by atoms with E-state index < -0.39 is 5.60 Å². The van der Waals surface area contributed by atoms with Crippen LogP contribution >= 0.6 is 0 Å². The molecule has 2 saturated heterocycles. The minimum atomic E-state index is -0.492. The third kappa shape index (κ3) is 5.48. The Kier molecular flexibility index (Phi) is 6.89. The smallest absolute Gasteiger partial charge is 0.410 e. The molecule has 1 aliphatic carbocycles. The number of hydrogen-bond donors (Lipinski definition) is 0. The van der Waals surface area contributed by atoms with Crippen molar-refractivity contribution in [1.29, 1.82) is 0 Å². The van der Waals surface area contributed by atoms with Crippen molar-refractivity contribution >= 4 is 22.8 Å². The summed E-state index contributed by atoms with van der Waals surface area (Å²) in [7, 11) is 2.00. The number of piperidine rings is 1. The number of rotatable bonds is 6. The van der Waals surface area contributed by atoms with Gasteiger partial charge in [0, 0.05) is 67.3 Å². The van der Waals surface area contributed by atoms with Gasteiger partial charge in [-0.3, -0.25) is 19.4 Å². The number of amides is 1. The van der Waals surface area contributed by atoms with Crippen LogP contribution in [0.4, 0.5) is 4.79 Å². The molecule has 9 nitrogen and oxygen atoms in total. The van der Waals surface area contributed by atoms with E-state index in [0.29, 0.717) is 19.5 Å². The zero-order valence-corrected chi connectivity index (χ0v) is 24.2. The Morgan fingerprint density at radius 2 is 1.82 bits per heavy atom. The van der Waals surface area contributed by atoms with Crippen LogP contribution in [0.1, 0.15) is 64.3 Å². The normalized spacial score (nSPS) is 19.4. The summed E-state index contributed by atoms with van der Waals surface area (Å²) in [5.74, 6) is 0.255. The van der Waals surface area contributed by atoms with Crippen molar-refractivity contribution in [3.63, 3.8) is 0 Å². The maximum absolute atomic E-state index is 13.1. The first-order valence-electron chi connectivity index (χ1n) is 14.6. The van der Waals surface area contributed by atoms with Crippen molar-refractivity contribution in [2.75, 3.05) is 26.2 Å². The van der Waals surface area contributed by atoms with Crippen LogP contribution < -0.4 is 0 Å².